The average Bonchev–Trinajstić information content (AvgIpc) is 2.32. The molecule has 1 rings (SSSR count). The molecule has 0 heterocycles. The van der Waals surface area contributed by atoms with Gasteiger partial charge in [-0.3, -0.25) is 9.59 Å². The second-order valence-corrected chi connectivity index (χ2v) is 4.83. The van der Waals surface area contributed by atoms with Gasteiger partial charge in [-0.25, -0.2) is 0 Å². The van der Waals surface area contributed by atoms with Gasteiger partial charge in [0.25, 0.3) is 0 Å². The molecule has 5 heteroatoms. The molecule has 0 aliphatic heterocycles. The second-order valence-electron chi connectivity index (χ2n) is 4.83. The molecule has 0 unspecified atom stereocenters. The van der Waals surface area contributed by atoms with Crippen LogP contribution in [0.25, 0.3) is 0 Å². The number of carbonyl (C=O) groups is 2. The molecular weight excluding hydrogens is 242 g/mol. The highest BCUT2D eigenvalue weighted by molar-refractivity contribution is 5.84. The Hall–Kier alpha value is -2.04. The number of anilines is 1. The van der Waals surface area contributed by atoms with E-state index in [0.717, 1.165) is 5.56 Å². The van der Waals surface area contributed by atoms with E-state index in [1.807, 2.05) is 32.0 Å². The molecule has 104 valence electrons. The summed E-state index contributed by atoms with van der Waals surface area (Å²) in [5, 5.41) is 0. The summed E-state index contributed by atoms with van der Waals surface area (Å²) in [4.78, 5) is 24.5. The van der Waals surface area contributed by atoms with E-state index in [-0.39, 0.29) is 18.5 Å². The number of amides is 2. The molecule has 0 atom stereocenters. The van der Waals surface area contributed by atoms with E-state index in [9.17, 15) is 9.59 Å². The van der Waals surface area contributed by atoms with E-state index in [2.05, 4.69) is 0 Å². The van der Waals surface area contributed by atoms with Gasteiger partial charge in [-0.1, -0.05) is 12.1 Å². The third-order valence-electron chi connectivity index (χ3n) is 2.85. The van der Waals surface area contributed by atoms with Gasteiger partial charge >= 0.3 is 0 Å². The van der Waals surface area contributed by atoms with Crippen molar-refractivity contribution in [3.63, 3.8) is 0 Å². The van der Waals surface area contributed by atoms with Crippen molar-refractivity contribution in [2.75, 3.05) is 12.3 Å². The second kappa shape index (κ2) is 6.78. The molecule has 5 nitrogen and oxygen atoms in total. The zero-order valence-corrected chi connectivity index (χ0v) is 11.4. The van der Waals surface area contributed by atoms with Gasteiger partial charge < -0.3 is 16.4 Å². The highest BCUT2D eigenvalue weighted by Crippen LogP contribution is 2.10. The topological polar surface area (TPSA) is 89.4 Å². The Morgan fingerprint density at radius 2 is 2.00 bits per heavy atom. The molecule has 0 saturated carbocycles. The largest absolute Gasteiger partial charge is 0.399 e. The Morgan fingerprint density at radius 1 is 1.32 bits per heavy atom. The molecule has 2 amide bonds. The van der Waals surface area contributed by atoms with E-state index in [1.165, 1.54) is 4.90 Å². The van der Waals surface area contributed by atoms with Gasteiger partial charge in [-0.05, 0) is 38.0 Å². The lowest BCUT2D eigenvalue weighted by atomic mass is 10.1. The van der Waals surface area contributed by atoms with Crippen molar-refractivity contribution in [1.82, 2.24) is 4.90 Å². The summed E-state index contributed by atoms with van der Waals surface area (Å²) in [5.41, 5.74) is 12.5. The number of hydrogen-bond acceptors (Lipinski definition) is 3. The SMILES string of the molecule is CC(C)N(CC(N)=O)C(=O)CCc1cccc(N)c1. The first kappa shape index (κ1) is 15.0. The smallest absolute Gasteiger partial charge is 0.237 e. The number of hydrogen-bond donors (Lipinski definition) is 2. The minimum Gasteiger partial charge on any atom is -0.399 e. The maximum atomic E-state index is 12.1. The standard InChI is InChI=1S/C14H21N3O2/c1-10(2)17(9-13(16)18)14(19)7-6-11-4-3-5-12(15)8-11/h3-5,8,10H,6-7,9,15H2,1-2H3,(H2,16,18). The van der Waals surface area contributed by atoms with Crippen LogP contribution in [-0.4, -0.2) is 29.3 Å². The fourth-order valence-corrected chi connectivity index (χ4v) is 1.87. The van der Waals surface area contributed by atoms with Crippen molar-refractivity contribution in [2.24, 2.45) is 5.73 Å². The highest BCUT2D eigenvalue weighted by Gasteiger charge is 2.18. The van der Waals surface area contributed by atoms with Crippen LogP contribution in [0.2, 0.25) is 0 Å². The number of benzene rings is 1. The van der Waals surface area contributed by atoms with E-state index >= 15 is 0 Å². The number of aryl methyl sites for hydroxylation is 1. The maximum Gasteiger partial charge on any atom is 0.237 e. The highest BCUT2D eigenvalue weighted by atomic mass is 16.2. The van der Waals surface area contributed by atoms with Crippen LogP contribution in [0.3, 0.4) is 0 Å². The average molecular weight is 263 g/mol. The summed E-state index contributed by atoms with van der Waals surface area (Å²) in [7, 11) is 0. The first-order chi connectivity index (χ1) is 8.90. The Kier molecular flexibility index (Phi) is 5.36. The Morgan fingerprint density at radius 3 is 2.53 bits per heavy atom. The first-order valence-corrected chi connectivity index (χ1v) is 6.32. The van der Waals surface area contributed by atoms with Crippen LogP contribution < -0.4 is 11.5 Å². The van der Waals surface area contributed by atoms with Crippen LogP contribution in [0.15, 0.2) is 24.3 Å². The molecule has 0 aromatic heterocycles. The van der Waals surface area contributed by atoms with Crippen LogP contribution >= 0.6 is 0 Å². The number of nitrogen functional groups attached to an aromatic ring is 1. The molecule has 0 radical (unpaired) electrons. The minimum atomic E-state index is -0.494. The molecule has 0 saturated heterocycles. The summed E-state index contributed by atoms with van der Waals surface area (Å²) in [6.07, 6.45) is 0.945. The van der Waals surface area contributed by atoms with Crippen LogP contribution in [0.1, 0.15) is 25.8 Å². The van der Waals surface area contributed by atoms with Gasteiger partial charge in [0.05, 0.1) is 6.54 Å². The lowest BCUT2D eigenvalue weighted by Crippen LogP contribution is -2.42. The fraction of sp³-hybridized carbons (Fsp3) is 0.429. The normalized spacial score (nSPS) is 10.5. The fourth-order valence-electron chi connectivity index (χ4n) is 1.87. The van der Waals surface area contributed by atoms with Crippen molar-refractivity contribution in [1.29, 1.82) is 0 Å². The summed E-state index contributed by atoms with van der Waals surface area (Å²) in [6.45, 7) is 3.69. The first-order valence-electron chi connectivity index (χ1n) is 6.32. The molecule has 4 N–H and O–H groups in total. The van der Waals surface area contributed by atoms with E-state index < -0.39 is 5.91 Å². The lowest BCUT2D eigenvalue weighted by Gasteiger charge is -2.25. The summed E-state index contributed by atoms with van der Waals surface area (Å²) >= 11 is 0. The van der Waals surface area contributed by atoms with Crippen LogP contribution in [0.5, 0.6) is 0 Å². The third kappa shape index (κ3) is 4.99. The molecule has 0 fully saturated rings. The molecule has 1 aromatic rings. The lowest BCUT2D eigenvalue weighted by molar-refractivity contribution is -0.136. The molecule has 19 heavy (non-hydrogen) atoms. The van der Waals surface area contributed by atoms with Crippen molar-refractivity contribution in [2.45, 2.75) is 32.7 Å². The van der Waals surface area contributed by atoms with E-state index in [1.54, 1.807) is 6.07 Å². The van der Waals surface area contributed by atoms with Gasteiger partial charge in [0, 0.05) is 18.2 Å². The monoisotopic (exact) mass is 263 g/mol. The zero-order chi connectivity index (χ0) is 14.4. The van der Waals surface area contributed by atoms with Crippen molar-refractivity contribution < 1.29 is 9.59 Å². The Bertz CT molecular complexity index is 458. The van der Waals surface area contributed by atoms with Gasteiger partial charge in [0.15, 0.2) is 0 Å². The van der Waals surface area contributed by atoms with Crippen LogP contribution in [0, 0.1) is 0 Å². The number of rotatable bonds is 6. The molecule has 0 aliphatic carbocycles. The molecule has 0 bridgehead atoms. The predicted molar refractivity (Wildman–Crippen MR) is 75.2 cm³/mol. The van der Waals surface area contributed by atoms with Crippen molar-refractivity contribution in [3.05, 3.63) is 29.8 Å². The molecule has 0 aliphatic rings. The minimum absolute atomic E-state index is 0.0343. The summed E-state index contributed by atoms with van der Waals surface area (Å²) in [5.74, 6) is -0.567. The quantitative estimate of drug-likeness (QED) is 0.748. The maximum absolute atomic E-state index is 12.1. The van der Waals surface area contributed by atoms with Gasteiger partial charge in [0.1, 0.15) is 0 Å². The van der Waals surface area contributed by atoms with Crippen LogP contribution in [-0.2, 0) is 16.0 Å². The van der Waals surface area contributed by atoms with Gasteiger partial charge in [-0.2, -0.15) is 0 Å². The predicted octanol–water partition coefficient (Wildman–Crippen LogP) is 0.924. The number of primary amides is 1. The number of carbonyl (C=O) groups excluding carboxylic acids is 2. The van der Waals surface area contributed by atoms with Crippen molar-refractivity contribution >= 4 is 17.5 Å². The number of nitrogens with zero attached hydrogens (tertiary/aromatic N) is 1. The molecular formula is C14H21N3O2. The van der Waals surface area contributed by atoms with Gasteiger partial charge in [0.2, 0.25) is 11.8 Å². The Balaban J connectivity index is 2.59. The van der Waals surface area contributed by atoms with E-state index in [4.69, 9.17) is 11.5 Å². The Labute approximate surface area is 113 Å². The third-order valence-corrected chi connectivity index (χ3v) is 2.85. The summed E-state index contributed by atoms with van der Waals surface area (Å²) < 4.78 is 0. The van der Waals surface area contributed by atoms with Crippen molar-refractivity contribution in [3.8, 4) is 0 Å². The van der Waals surface area contributed by atoms with Gasteiger partial charge in [-0.15, -0.1) is 0 Å². The van der Waals surface area contributed by atoms with E-state index in [0.29, 0.717) is 18.5 Å². The molecule has 0 spiro atoms. The van der Waals surface area contributed by atoms with Crippen LogP contribution in [0.4, 0.5) is 5.69 Å². The zero-order valence-electron chi connectivity index (χ0n) is 11.4. The molecule has 1 aromatic carbocycles. The summed E-state index contributed by atoms with van der Waals surface area (Å²) in [6, 6.07) is 7.40. The number of nitrogens with two attached hydrogens (primary N) is 2.